The van der Waals surface area contributed by atoms with E-state index in [1.54, 1.807) is 11.3 Å². The van der Waals surface area contributed by atoms with Crippen molar-refractivity contribution in [2.75, 3.05) is 13.2 Å². The van der Waals surface area contributed by atoms with Crippen LogP contribution in [-0.4, -0.2) is 24.3 Å². The third-order valence-electron chi connectivity index (χ3n) is 3.10. The molecular formula is C12H20N2OS. The number of nitrogens with two attached hydrogens (primary N) is 1. The molecule has 2 atom stereocenters. The van der Waals surface area contributed by atoms with E-state index in [2.05, 4.69) is 28.8 Å². The molecule has 0 amide bonds. The Morgan fingerprint density at radius 3 is 3.00 bits per heavy atom. The zero-order chi connectivity index (χ0) is 11.4. The van der Waals surface area contributed by atoms with Crippen LogP contribution in [0.2, 0.25) is 0 Å². The fourth-order valence-corrected chi connectivity index (χ4v) is 2.82. The van der Waals surface area contributed by atoms with Crippen molar-refractivity contribution in [2.45, 2.75) is 38.3 Å². The normalized spacial score (nSPS) is 21.9. The van der Waals surface area contributed by atoms with Crippen LogP contribution in [-0.2, 0) is 4.84 Å². The van der Waals surface area contributed by atoms with Crippen molar-refractivity contribution in [1.29, 1.82) is 0 Å². The maximum atomic E-state index is 6.22. The van der Waals surface area contributed by atoms with Gasteiger partial charge in [-0.1, -0.05) is 6.92 Å². The molecule has 1 saturated heterocycles. The Balaban J connectivity index is 2.13. The first-order valence-corrected chi connectivity index (χ1v) is 6.94. The van der Waals surface area contributed by atoms with Gasteiger partial charge in [0.1, 0.15) is 0 Å². The van der Waals surface area contributed by atoms with Gasteiger partial charge < -0.3 is 5.73 Å². The maximum Gasteiger partial charge on any atom is 0.0760 e. The molecule has 16 heavy (non-hydrogen) atoms. The fourth-order valence-electron chi connectivity index (χ4n) is 2.13. The maximum absolute atomic E-state index is 6.22. The second-order valence-electron chi connectivity index (χ2n) is 4.25. The summed E-state index contributed by atoms with van der Waals surface area (Å²) in [5, 5.41) is 6.37. The Hall–Kier alpha value is -0.420. The quantitative estimate of drug-likeness (QED) is 0.879. The molecule has 0 aliphatic carbocycles. The zero-order valence-corrected chi connectivity index (χ0v) is 10.6. The molecule has 1 aromatic heterocycles. The molecule has 2 heterocycles. The molecule has 2 N–H and O–H groups in total. The number of nitrogens with zero attached hydrogens (tertiary/aromatic N) is 1. The monoisotopic (exact) mass is 240 g/mol. The molecule has 0 aromatic carbocycles. The predicted molar refractivity (Wildman–Crippen MR) is 67.2 cm³/mol. The molecule has 90 valence electrons. The van der Waals surface area contributed by atoms with Crippen LogP contribution in [0.5, 0.6) is 0 Å². The number of thiophene rings is 1. The Kier molecular flexibility index (Phi) is 4.35. The Morgan fingerprint density at radius 2 is 2.44 bits per heavy atom. The summed E-state index contributed by atoms with van der Waals surface area (Å²) in [6.07, 6.45) is 3.34. The molecule has 0 spiro atoms. The molecular weight excluding hydrogens is 220 g/mol. The minimum absolute atomic E-state index is 0.146. The van der Waals surface area contributed by atoms with E-state index in [1.807, 2.05) is 0 Å². The van der Waals surface area contributed by atoms with Gasteiger partial charge in [-0.05, 0) is 41.7 Å². The van der Waals surface area contributed by atoms with Crippen LogP contribution in [0.1, 0.15) is 37.8 Å². The van der Waals surface area contributed by atoms with Crippen molar-refractivity contribution < 1.29 is 4.84 Å². The molecule has 1 aliphatic rings. The summed E-state index contributed by atoms with van der Waals surface area (Å²) >= 11 is 1.72. The molecule has 4 heteroatoms. The third-order valence-corrected chi connectivity index (χ3v) is 3.80. The van der Waals surface area contributed by atoms with Crippen molar-refractivity contribution in [3.05, 3.63) is 22.4 Å². The summed E-state index contributed by atoms with van der Waals surface area (Å²) < 4.78 is 0. The van der Waals surface area contributed by atoms with Gasteiger partial charge in [-0.15, -0.1) is 0 Å². The van der Waals surface area contributed by atoms with E-state index in [0.717, 1.165) is 26.0 Å². The van der Waals surface area contributed by atoms with Gasteiger partial charge in [0.05, 0.1) is 12.6 Å². The van der Waals surface area contributed by atoms with Crippen LogP contribution in [0.4, 0.5) is 0 Å². The average molecular weight is 240 g/mol. The number of hydroxylamine groups is 2. The first-order chi connectivity index (χ1) is 7.83. The number of rotatable bonds is 4. The van der Waals surface area contributed by atoms with E-state index in [-0.39, 0.29) is 12.1 Å². The molecule has 1 aromatic rings. The molecule has 0 bridgehead atoms. The lowest BCUT2D eigenvalue weighted by molar-refractivity contribution is -0.212. The van der Waals surface area contributed by atoms with Gasteiger partial charge in [-0.2, -0.15) is 16.4 Å². The largest absolute Gasteiger partial charge is 0.326 e. The molecule has 3 nitrogen and oxygen atoms in total. The molecule has 1 aliphatic heterocycles. The standard InChI is InChI=1S/C12H20N2OS/c1-2-11(13)12(10-5-8-16-9-10)14-6-3-4-7-15-14/h5,8-9,11-12H,2-4,6-7,13H2,1H3. The van der Waals surface area contributed by atoms with E-state index in [1.165, 1.54) is 12.0 Å². The van der Waals surface area contributed by atoms with Crippen molar-refractivity contribution >= 4 is 11.3 Å². The highest BCUT2D eigenvalue weighted by atomic mass is 32.1. The molecule has 0 radical (unpaired) electrons. The van der Waals surface area contributed by atoms with Crippen LogP contribution in [0.3, 0.4) is 0 Å². The molecule has 2 rings (SSSR count). The average Bonchev–Trinajstić information content (AvgIpc) is 2.84. The van der Waals surface area contributed by atoms with E-state index in [4.69, 9.17) is 10.6 Å². The summed E-state index contributed by atoms with van der Waals surface area (Å²) in [6, 6.07) is 2.52. The van der Waals surface area contributed by atoms with Gasteiger partial charge >= 0.3 is 0 Å². The minimum atomic E-state index is 0.146. The van der Waals surface area contributed by atoms with E-state index in [9.17, 15) is 0 Å². The summed E-state index contributed by atoms with van der Waals surface area (Å²) in [5.41, 5.74) is 7.52. The van der Waals surface area contributed by atoms with E-state index >= 15 is 0 Å². The zero-order valence-electron chi connectivity index (χ0n) is 9.76. The van der Waals surface area contributed by atoms with Gasteiger partial charge in [0, 0.05) is 12.6 Å². The lowest BCUT2D eigenvalue weighted by Gasteiger charge is -2.36. The summed E-state index contributed by atoms with van der Waals surface area (Å²) in [4.78, 5) is 5.74. The summed E-state index contributed by atoms with van der Waals surface area (Å²) in [7, 11) is 0. The van der Waals surface area contributed by atoms with Crippen molar-refractivity contribution in [1.82, 2.24) is 5.06 Å². The second kappa shape index (κ2) is 5.77. The number of hydrogen-bond donors (Lipinski definition) is 1. The van der Waals surface area contributed by atoms with Crippen molar-refractivity contribution in [2.24, 2.45) is 5.73 Å². The smallest absolute Gasteiger partial charge is 0.0760 e. The van der Waals surface area contributed by atoms with Crippen LogP contribution in [0.15, 0.2) is 16.8 Å². The highest BCUT2D eigenvalue weighted by Gasteiger charge is 2.28. The Labute approximate surface area is 101 Å². The second-order valence-corrected chi connectivity index (χ2v) is 5.03. The predicted octanol–water partition coefficient (Wildman–Crippen LogP) is 2.55. The Bertz CT molecular complexity index is 296. The molecule has 2 unspecified atom stereocenters. The number of hydrogen-bond acceptors (Lipinski definition) is 4. The highest BCUT2D eigenvalue weighted by Crippen LogP contribution is 2.29. The van der Waals surface area contributed by atoms with Gasteiger partial charge in [0.2, 0.25) is 0 Å². The van der Waals surface area contributed by atoms with Crippen LogP contribution >= 0.6 is 11.3 Å². The SMILES string of the molecule is CCC(N)C(c1ccsc1)N1CCCCO1. The van der Waals surface area contributed by atoms with Gasteiger partial charge in [-0.3, -0.25) is 4.84 Å². The topological polar surface area (TPSA) is 38.5 Å². The van der Waals surface area contributed by atoms with Crippen LogP contribution < -0.4 is 5.73 Å². The third kappa shape index (κ3) is 2.63. The first-order valence-electron chi connectivity index (χ1n) is 6.00. The van der Waals surface area contributed by atoms with E-state index in [0.29, 0.717) is 0 Å². The lowest BCUT2D eigenvalue weighted by atomic mass is 10.00. The van der Waals surface area contributed by atoms with Crippen molar-refractivity contribution in [3.63, 3.8) is 0 Å². The van der Waals surface area contributed by atoms with Crippen LogP contribution in [0.25, 0.3) is 0 Å². The molecule has 0 saturated carbocycles. The van der Waals surface area contributed by atoms with Gasteiger partial charge in [0.15, 0.2) is 0 Å². The van der Waals surface area contributed by atoms with Gasteiger partial charge in [0.25, 0.3) is 0 Å². The lowest BCUT2D eigenvalue weighted by Crippen LogP contribution is -2.43. The van der Waals surface area contributed by atoms with E-state index < -0.39 is 0 Å². The Morgan fingerprint density at radius 1 is 1.56 bits per heavy atom. The minimum Gasteiger partial charge on any atom is -0.326 e. The summed E-state index contributed by atoms with van der Waals surface area (Å²) in [5.74, 6) is 0. The first kappa shape index (κ1) is 12.0. The highest BCUT2D eigenvalue weighted by molar-refractivity contribution is 7.07. The molecule has 1 fully saturated rings. The fraction of sp³-hybridized carbons (Fsp3) is 0.667. The van der Waals surface area contributed by atoms with Crippen LogP contribution in [0, 0.1) is 0 Å². The van der Waals surface area contributed by atoms with Gasteiger partial charge in [-0.25, -0.2) is 0 Å². The van der Waals surface area contributed by atoms with Crippen molar-refractivity contribution in [3.8, 4) is 0 Å². The summed E-state index contributed by atoms with van der Waals surface area (Å²) in [6.45, 7) is 3.96.